The van der Waals surface area contributed by atoms with Crippen LogP contribution in [0.15, 0.2) is 18.5 Å². The molecule has 0 saturated heterocycles. The lowest BCUT2D eigenvalue weighted by molar-refractivity contribution is -0.139. The van der Waals surface area contributed by atoms with Crippen molar-refractivity contribution in [2.24, 2.45) is 11.7 Å². The standard InChI is InChI=1S/C5H11NO2.C3H4N2/c1-3(2)4(6)5(7)8;1-2-4-5-3-1/h3-4H,6H2,1-2H3,(H,7,8);1-3H,(H,4,5)/t4-;/m0./s1. The van der Waals surface area contributed by atoms with Crippen molar-refractivity contribution in [2.75, 3.05) is 0 Å². The average molecular weight is 185 g/mol. The highest BCUT2D eigenvalue weighted by Crippen LogP contribution is 1.96. The Labute approximate surface area is 77.0 Å². The molecule has 0 radical (unpaired) electrons. The summed E-state index contributed by atoms with van der Waals surface area (Å²) in [5.74, 6) is -0.910. The number of aromatic nitrogens is 2. The minimum absolute atomic E-state index is 0.0208. The van der Waals surface area contributed by atoms with Gasteiger partial charge in [0.2, 0.25) is 0 Å². The molecule has 1 aromatic heterocycles. The van der Waals surface area contributed by atoms with Crippen LogP contribution in [0.3, 0.4) is 0 Å². The van der Waals surface area contributed by atoms with E-state index in [1.54, 1.807) is 26.2 Å². The van der Waals surface area contributed by atoms with Crippen LogP contribution < -0.4 is 5.73 Å². The molecule has 13 heavy (non-hydrogen) atoms. The van der Waals surface area contributed by atoms with Gasteiger partial charge in [-0.2, -0.15) is 5.10 Å². The first kappa shape index (κ1) is 11.6. The van der Waals surface area contributed by atoms with E-state index in [9.17, 15) is 4.79 Å². The van der Waals surface area contributed by atoms with E-state index in [2.05, 4.69) is 10.2 Å². The van der Waals surface area contributed by atoms with Gasteiger partial charge in [-0.25, -0.2) is 0 Å². The monoisotopic (exact) mass is 185 g/mol. The van der Waals surface area contributed by atoms with Crippen LogP contribution in [0, 0.1) is 5.92 Å². The molecule has 0 saturated carbocycles. The Morgan fingerprint density at radius 1 is 1.62 bits per heavy atom. The fourth-order valence-corrected chi connectivity index (χ4v) is 0.500. The Hall–Kier alpha value is -1.36. The summed E-state index contributed by atoms with van der Waals surface area (Å²) < 4.78 is 0. The van der Waals surface area contributed by atoms with E-state index in [1.807, 2.05) is 6.07 Å². The van der Waals surface area contributed by atoms with Crippen molar-refractivity contribution >= 4 is 5.97 Å². The lowest BCUT2D eigenvalue weighted by Crippen LogP contribution is -2.34. The molecule has 74 valence electrons. The number of carboxylic acid groups (broad SMARTS) is 1. The van der Waals surface area contributed by atoms with Crippen LogP contribution >= 0.6 is 0 Å². The molecule has 0 aromatic carbocycles. The van der Waals surface area contributed by atoms with Crippen molar-refractivity contribution in [1.29, 1.82) is 0 Å². The van der Waals surface area contributed by atoms with Gasteiger partial charge in [-0.15, -0.1) is 0 Å². The number of rotatable bonds is 2. The second kappa shape index (κ2) is 6.19. The number of aliphatic carboxylic acids is 1. The van der Waals surface area contributed by atoms with E-state index in [4.69, 9.17) is 10.8 Å². The molecule has 0 bridgehead atoms. The molecule has 1 heterocycles. The Morgan fingerprint density at radius 3 is 2.31 bits per heavy atom. The normalized spacial score (nSPS) is 11.7. The first-order valence-corrected chi connectivity index (χ1v) is 3.97. The number of aromatic amines is 1. The van der Waals surface area contributed by atoms with Gasteiger partial charge < -0.3 is 10.8 Å². The quantitative estimate of drug-likeness (QED) is 0.624. The molecule has 0 aliphatic heterocycles. The van der Waals surface area contributed by atoms with Crippen LogP contribution in [-0.2, 0) is 4.79 Å². The molecule has 5 nitrogen and oxygen atoms in total. The zero-order valence-corrected chi connectivity index (χ0v) is 7.77. The van der Waals surface area contributed by atoms with Gasteiger partial charge >= 0.3 is 5.97 Å². The number of H-pyrrole nitrogens is 1. The van der Waals surface area contributed by atoms with Gasteiger partial charge in [-0.1, -0.05) is 13.8 Å². The summed E-state index contributed by atoms with van der Waals surface area (Å²) in [6.45, 7) is 3.55. The third kappa shape index (κ3) is 5.86. The molecule has 0 unspecified atom stereocenters. The minimum Gasteiger partial charge on any atom is -0.480 e. The van der Waals surface area contributed by atoms with Crippen LogP contribution in [-0.4, -0.2) is 27.3 Å². The molecule has 1 aromatic rings. The van der Waals surface area contributed by atoms with Crippen molar-refractivity contribution in [2.45, 2.75) is 19.9 Å². The lowest BCUT2D eigenvalue weighted by Gasteiger charge is -2.07. The maximum absolute atomic E-state index is 10.0. The fourth-order valence-electron chi connectivity index (χ4n) is 0.500. The predicted molar refractivity (Wildman–Crippen MR) is 49.0 cm³/mol. The largest absolute Gasteiger partial charge is 0.480 e. The summed E-state index contributed by atoms with van der Waals surface area (Å²) in [7, 11) is 0. The molecule has 0 fully saturated rings. The molecule has 5 heteroatoms. The van der Waals surface area contributed by atoms with E-state index < -0.39 is 12.0 Å². The van der Waals surface area contributed by atoms with Crippen LogP contribution in [0.1, 0.15) is 13.8 Å². The summed E-state index contributed by atoms with van der Waals surface area (Å²) in [5.41, 5.74) is 5.16. The number of carbonyl (C=O) groups is 1. The molecular formula is C8H15N3O2. The van der Waals surface area contributed by atoms with Gasteiger partial charge in [-0.3, -0.25) is 9.89 Å². The van der Waals surface area contributed by atoms with Crippen LogP contribution in [0.2, 0.25) is 0 Å². The van der Waals surface area contributed by atoms with Crippen LogP contribution in [0.4, 0.5) is 0 Å². The Morgan fingerprint density at radius 2 is 2.23 bits per heavy atom. The number of nitrogens with one attached hydrogen (secondary N) is 1. The van der Waals surface area contributed by atoms with Crippen molar-refractivity contribution in [1.82, 2.24) is 10.2 Å². The van der Waals surface area contributed by atoms with Crippen molar-refractivity contribution < 1.29 is 9.90 Å². The topological polar surface area (TPSA) is 92.0 Å². The zero-order valence-electron chi connectivity index (χ0n) is 7.77. The number of hydrogen-bond acceptors (Lipinski definition) is 3. The lowest BCUT2D eigenvalue weighted by atomic mass is 10.1. The number of hydrogen-bond donors (Lipinski definition) is 3. The fraction of sp³-hybridized carbons (Fsp3) is 0.500. The van der Waals surface area contributed by atoms with Gasteiger partial charge in [0.05, 0.1) is 0 Å². The first-order chi connectivity index (χ1) is 6.05. The Bertz CT molecular complexity index is 204. The molecule has 0 spiro atoms. The average Bonchev–Trinajstić information content (AvgIpc) is 2.59. The number of nitrogens with zero attached hydrogens (tertiary/aromatic N) is 1. The van der Waals surface area contributed by atoms with E-state index in [-0.39, 0.29) is 5.92 Å². The van der Waals surface area contributed by atoms with Crippen molar-refractivity contribution in [3.8, 4) is 0 Å². The van der Waals surface area contributed by atoms with E-state index in [0.717, 1.165) is 0 Å². The van der Waals surface area contributed by atoms with Gasteiger partial charge in [0.15, 0.2) is 0 Å². The summed E-state index contributed by atoms with van der Waals surface area (Å²) >= 11 is 0. The third-order valence-electron chi connectivity index (χ3n) is 1.41. The zero-order chi connectivity index (χ0) is 10.3. The second-order valence-electron chi connectivity index (χ2n) is 2.87. The van der Waals surface area contributed by atoms with Gasteiger partial charge in [0.25, 0.3) is 0 Å². The smallest absolute Gasteiger partial charge is 0.320 e. The van der Waals surface area contributed by atoms with Crippen LogP contribution in [0.5, 0.6) is 0 Å². The van der Waals surface area contributed by atoms with Gasteiger partial charge in [-0.05, 0) is 12.0 Å². The van der Waals surface area contributed by atoms with Crippen molar-refractivity contribution in [3.05, 3.63) is 18.5 Å². The third-order valence-corrected chi connectivity index (χ3v) is 1.41. The summed E-state index contributed by atoms with van der Waals surface area (Å²) in [6, 6.07) is 1.12. The minimum atomic E-state index is -0.931. The van der Waals surface area contributed by atoms with Crippen molar-refractivity contribution in [3.63, 3.8) is 0 Å². The molecular weight excluding hydrogens is 170 g/mol. The van der Waals surface area contributed by atoms with Crippen LogP contribution in [0.25, 0.3) is 0 Å². The van der Waals surface area contributed by atoms with Gasteiger partial charge in [0.1, 0.15) is 6.04 Å². The van der Waals surface area contributed by atoms with E-state index in [1.165, 1.54) is 0 Å². The summed E-state index contributed by atoms with van der Waals surface area (Å²) in [4.78, 5) is 10.0. The molecule has 4 N–H and O–H groups in total. The number of nitrogens with two attached hydrogens (primary N) is 1. The highest BCUT2D eigenvalue weighted by atomic mass is 16.4. The number of carboxylic acids is 1. The Balaban J connectivity index is 0.000000243. The van der Waals surface area contributed by atoms with E-state index >= 15 is 0 Å². The molecule has 0 aliphatic rings. The SMILES string of the molecule is CC(C)[C@H](N)C(=O)O.c1cn[nH]c1. The Kier molecular flexibility index (Phi) is 5.54. The molecule has 0 aliphatic carbocycles. The molecule has 1 atom stereocenters. The highest BCUT2D eigenvalue weighted by molar-refractivity contribution is 5.73. The molecule has 1 rings (SSSR count). The maximum atomic E-state index is 10.0. The first-order valence-electron chi connectivity index (χ1n) is 3.97. The van der Waals surface area contributed by atoms with E-state index in [0.29, 0.717) is 0 Å². The molecule has 0 amide bonds. The summed E-state index contributed by atoms with van der Waals surface area (Å²) in [6.07, 6.45) is 3.46. The summed E-state index contributed by atoms with van der Waals surface area (Å²) in [5, 5.41) is 14.4. The maximum Gasteiger partial charge on any atom is 0.320 e. The second-order valence-corrected chi connectivity index (χ2v) is 2.87. The highest BCUT2D eigenvalue weighted by Gasteiger charge is 2.14. The van der Waals surface area contributed by atoms with Gasteiger partial charge in [0, 0.05) is 12.4 Å². The predicted octanol–water partition coefficient (Wildman–Crippen LogP) is 0.464.